The average molecular weight is 229 g/mol. The predicted octanol–water partition coefficient (Wildman–Crippen LogP) is 3.18. The average Bonchev–Trinajstić information content (AvgIpc) is 2.18. The van der Waals surface area contributed by atoms with Crippen LogP contribution in [0.1, 0.15) is 24.8 Å². The van der Waals surface area contributed by atoms with E-state index >= 15 is 0 Å². The summed E-state index contributed by atoms with van der Waals surface area (Å²) < 4.78 is 13.2. The van der Waals surface area contributed by atoms with Crippen LogP contribution in [-0.4, -0.2) is 11.7 Å². The molecule has 0 saturated heterocycles. The number of aliphatic hydroxyl groups is 1. The van der Waals surface area contributed by atoms with Crippen LogP contribution in [-0.2, 0) is 6.42 Å². The molecule has 1 aromatic rings. The van der Waals surface area contributed by atoms with Crippen molar-refractivity contribution < 1.29 is 9.50 Å². The van der Waals surface area contributed by atoms with Crippen LogP contribution in [0.2, 0.25) is 5.02 Å². The molecule has 0 spiro atoms. The van der Waals surface area contributed by atoms with Crippen LogP contribution in [0.5, 0.6) is 0 Å². The fraction of sp³-hybridized carbons (Fsp3) is 0.500. The van der Waals surface area contributed by atoms with Crippen LogP contribution >= 0.6 is 11.6 Å². The van der Waals surface area contributed by atoms with Crippen molar-refractivity contribution in [2.24, 2.45) is 5.41 Å². The Balaban J connectivity index is 2.20. The van der Waals surface area contributed by atoms with E-state index in [1.807, 2.05) is 6.07 Å². The third-order valence-corrected chi connectivity index (χ3v) is 3.77. The van der Waals surface area contributed by atoms with Crippen molar-refractivity contribution in [2.45, 2.75) is 25.7 Å². The van der Waals surface area contributed by atoms with Gasteiger partial charge in [-0.1, -0.05) is 30.2 Å². The van der Waals surface area contributed by atoms with Gasteiger partial charge in [0.05, 0.1) is 5.02 Å². The van der Waals surface area contributed by atoms with E-state index in [1.54, 1.807) is 6.07 Å². The topological polar surface area (TPSA) is 20.2 Å². The molecule has 0 heterocycles. The maximum Gasteiger partial charge on any atom is 0.142 e. The van der Waals surface area contributed by atoms with E-state index in [0.29, 0.717) is 6.42 Å². The highest BCUT2D eigenvalue weighted by Gasteiger charge is 2.36. The first-order chi connectivity index (χ1) is 7.17. The van der Waals surface area contributed by atoms with Crippen molar-refractivity contribution in [3.05, 3.63) is 34.6 Å². The maximum atomic E-state index is 13.2. The lowest BCUT2D eigenvalue weighted by Crippen LogP contribution is -2.35. The van der Waals surface area contributed by atoms with Gasteiger partial charge >= 0.3 is 0 Å². The zero-order chi connectivity index (χ0) is 10.9. The van der Waals surface area contributed by atoms with Gasteiger partial charge in [0, 0.05) is 6.61 Å². The van der Waals surface area contributed by atoms with Crippen molar-refractivity contribution in [1.29, 1.82) is 0 Å². The summed E-state index contributed by atoms with van der Waals surface area (Å²) in [5.41, 5.74) is 0.766. The molecule has 15 heavy (non-hydrogen) atoms. The molecular weight excluding hydrogens is 215 g/mol. The molecule has 1 nitrogen and oxygen atoms in total. The van der Waals surface area contributed by atoms with Gasteiger partial charge in [0.2, 0.25) is 0 Å². The molecule has 82 valence electrons. The molecule has 0 atom stereocenters. The normalized spacial score (nSPS) is 18.6. The molecule has 0 aromatic heterocycles. The zero-order valence-corrected chi connectivity index (χ0v) is 9.23. The molecule has 1 saturated carbocycles. The lowest BCUT2D eigenvalue weighted by molar-refractivity contribution is 0.0450. The summed E-state index contributed by atoms with van der Waals surface area (Å²) in [7, 11) is 0. The van der Waals surface area contributed by atoms with E-state index in [1.165, 1.54) is 6.07 Å². The third-order valence-electron chi connectivity index (χ3n) is 3.35. The number of hydrogen-bond acceptors (Lipinski definition) is 1. The molecule has 2 rings (SSSR count). The minimum atomic E-state index is -0.374. The number of benzene rings is 1. The second kappa shape index (κ2) is 4.11. The summed E-state index contributed by atoms with van der Waals surface area (Å²) in [5.74, 6) is -0.374. The summed E-state index contributed by atoms with van der Waals surface area (Å²) in [6.45, 7) is 0.167. The van der Waals surface area contributed by atoms with E-state index in [4.69, 9.17) is 11.6 Å². The molecule has 1 aromatic carbocycles. The lowest BCUT2D eigenvalue weighted by Gasteiger charge is -2.40. The van der Waals surface area contributed by atoms with Gasteiger partial charge in [0.15, 0.2) is 0 Å². The summed E-state index contributed by atoms with van der Waals surface area (Å²) >= 11 is 5.88. The van der Waals surface area contributed by atoms with Crippen LogP contribution in [0, 0.1) is 11.2 Å². The molecule has 0 unspecified atom stereocenters. The molecule has 3 heteroatoms. The van der Waals surface area contributed by atoms with Gasteiger partial charge in [-0.15, -0.1) is 0 Å². The van der Waals surface area contributed by atoms with Gasteiger partial charge in [-0.05, 0) is 36.3 Å². The quantitative estimate of drug-likeness (QED) is 0.843. The first kappa shape index (κ1) is 10.9. The predicted molar refractivity (Wildman–Crippen MR) is 58.5 cm³/mol. The third kappa shape index (κ3) is 2.01. The van der Waals surface area contributed by atoms with Gasteiger partial charge in [0.1, 0.15) is 5.82 Å². The summed E-state index contributed by atoms with van der Waals surface area (Å²) in [6, 6.07) is 4.86. The van der Waals surface area contributed by atoms with E-state index in [-0.39, 0.29) is 22.9 Å². The Labute approximate surface area is 93.9 Å². The molecule has 0 aliphatic heterocycles. The fourth-order valence-electron chi connectivity index (χ4n) is 2.16. The monoisotopic (exact) mass is 228 g/mol. The van der Waals surface area contributed by atoms with Gasteiger partial charge in [-0.25, -0.2) is 4.39 Å². The Bertz CT molecular complexity index is 355. The van der Waals surface area contributed by atoms with Crippen LogP contribution in [0.4, 0.5) is 4.39 Å². The molecule has 0 bridgehead atoms. The fourth-order valence-corrected chi connectivity index (χ4v) is 2.35. The molecule has 1 aliphatic rings. The SMILES string of the molecule is OCC1(Cc2cccc(F)c2Cl)CCC1. The van der Waals surface area contributed by atoms with E-state index in [0.717, 1.165) is 24.8 Å². The highest BCUT2D eigenvalue weighted by Crippen LogP contribution is 2.44. The Morgan fingerprint density at radius 3 is 2.67 bits per heavy atom. The lowest BCUT2D eigenvalue weighted by atomic mass is 9.66. The summed E-state index contributed by atoms with van der Waals surface area (Å²) in [6.07, 6.45) is 3.85. The number of aliphatic hydroxyl groups excluding tert-OH is 1. The standard InChI is InChI=1S/C12H14ClFO/c13-11-9(3-1-4-10(11)14)7-12(8-15)5-2-6-12/h1,3-4,15H,2,5-8H2. The van der Waals surface area contributed by atoms with Crippen LogP contribution in [0.25, 0.3) is 0 Å². The van der Waals surface area contributed by atoms with Crippen molar-refractivity contribution in [2.75, 3.05) is 6.61 Å². The molecule has 1 N–H and O–H groups in total. The molecule has 1 aliphatic carbocycles. The smallest absolute Gasteiger partial charge is 0.142 e. The van der Waals surface area contributed by atoms with Gasteiger partial charge in [-0.3, -0.25) is 0 Å². The second-order valence-electron chi connectivity index (χ2n) is 4.40. The molecular formula is C12H14ClFO. The van der Waals surface area contributed by atoms with Crippen LogP contribution in [0.3, 0.4) is 0 Å². The number of rotatable bonds is 3. The largest absolute Gasteiger partial charge is 0.396 e. The summed E-state index contributed by atoms with van der Waals surface area (Å²) in [4.78, 5) is 0. The second-order valence-corrected chi connectivity index (χ2v) is 4.78. The Kier molecular flexibility index (Phi) is 2.98. The summed E-state index contributed by atoms with van der Waals surface area (Å²) in [5, 5.41) is 9.53. The van der Waals surface area contributed by atoms with Gasteiger partial charge in [-0.2, -0.15) is 0 Å². The first-order valence-corrected chi connectivity index (χ1v) is 5.58. The minimum absolute atomic E-state index is 0.0442. The Morgan fingerprint density at radius 2 is 2.13 bits per heavy atom. The zero-order valence-electron chi connectivity index (χ0n) is 8.47. The molecule has 0 radical (unpaired) electrons. The molecule has 1 fully saturated rings. The minimum Gasteiger partial charge on any atom is -0.396 e. The highest BCUT2D eigenvalue weighted by molar-refractivity contribution is 6.31. The van der Waals surface area contributed by atoms with Crippen LogP contribution in [0.15, 0.2) is 18.2 Å². The number of hydrogen-bond donors (Lipinski definition) is 1. The van der Waals surface area contributed by atoms with E-state index in [2.05, 4.69) is 0 Å². The molecule has 0 amide bonds. The van der Waals surface area contributed by atoms with Gasteiger partial charge < -0.3 is 5.11 Å². The Hall–Kier alpha value is -0.600. The maximum absolute atomic E-state index is 13.2. The van der Waals surface area contributed by atoms with Crippen molar-refractivity contribution in [3.63, 3.8) is 0 Å². The number of halogens is 2. The van der Waals surface area contributed by atoms with Crippen molar-refractivity contribution in [3.8, 4) is 0 Å². The van der Waals surface area contributed by atoms with E-state index < -0.39 is 0 Å². The van der Waals surface area contributed by atoms with Crippen LogP contribution < -0.4 is 0 Å². The van der Waals surface area contributed by atoms with Gasteiger partial charge in [0.25, 0.3) is 0 Å². The highest BCUT2D eigenvalue weighted by atomic mass is 35.5. The van der Waals surface area contributed by atoms with Crippen molar-refractivity contribution in [1.82, 2.24) is 0 Å². The van der Waals surface area contributed by atoms with Crippen molar-refractivity contribution >= 4 is 11.6 Å². The Morgan fingerprint density at radius 1 is 1.40 bits per heavy atom. The van der Waals surface area contributed by atoms with E-state index in [9.17, 15) is 9.50 Å². The first-order valence-electron chi connectivity index (χ1n) is 5.21.